The first kappa shape index (κ1) is 40.0. The number of methoxy groups -OCH3 is 2. The van der Waals surface area contributed by atoms with Gasteiger partial charge in [0.1, 0.15) is 36.1 Å². The number of ether oxygens (including phenoxy) is 4. The Hall–Kier alpha value is -5.84. The Kier molecular flexibility index (Phi) is 11.4. The van der Waals surface area contributed by atoms with Crippen LogP contribution in [0.1, 0.15) is 58.4 Å². The number of aliphatic hydroxyl groups excluding tert-OH is 1. The maximum Gasteiger partial charge on any atom is 0.262 e. The van der Waals surface area contributed by atoms with Gasteiger partial charge >= 0.3 is 0 Å². The lowest BCUT2D eigenvalue weighted by Crippen LogP contribution is -2.55. The zero-order chi connectivity index (χ0) is 41.4. The summed E-state index contributed by atoms with van der Waals surface area (Å²) >= 11 is 0. The number of aryl methyl sites for hydroxylation is 1. The largest absolute Gasteiger partial charge is 0.496 e. The standard InChI is InChI=1S/C43H48N6O10/c1-46-22-32(28-8-12-44-21-31(28)41(46)53)26-18-36(56-2)33(37(19-26)57-3)23-47-13-9-25-10-14-48(24-35(25)47)39(51)11-15-58-16-17-59-27-4-5-29-30(20-27)43(55)49(42(29)54)34-6-7-38(50)45-40(34)52/h4-5,8,12,18-22,25,34-35,38,50H,6-7,9-11,13-17,23-24H2,1-3H3,(H,45,52). The predicted molar refractivity (Wildman–Crippen MR) is 214 cm³/mol. The highest BCUT2D eigenvalue weighted by molar-refractivity contribution is 6.23. The molecule has 0 radical (unpaired) electrons. The van der Waals surface area contributed by atoms with Crippen LogP contribution in [-0.4, -0.2) is 125 Å². The minimum absolute atomic E-state index is 0.0305. The van der Waals surface area contributed by atoms with Gasteiger partial charge in [-0.05, 0) is 85.5 Å². The Morgan fingerprint density at radius 3 is 2.41 bits per heavy atom. The molecule has 4 aliphatic rings. The second-order valence-electron chi connectivity index (χ2n) is 15.5. The molecule has 3 fully saturated rings. The van der Waals surface area contributed by atoms with Crippen LogP contribution in [0.25, 0.3) is 21.9 Å². The van der Waals surface area contributed by atoms with Gasteiger partial charge in [-0.3, -0.25) is 38.8 Å². The molecule has 2 aromatic heterocycles. The number of aromatic nitrogens is 2. The van der Waals surface area contributed by atoms with E-state index in [0.717, 1.165) is 46.4 Å². The van der Waals surface area contributed by atoms with Crippen molar-refractivity contribution in [3.05, 3.63) is 82.0 Å². The molecule has 0 spiro atoms. The van der Waals surface area contributed by atoms with Crippen molar-refractivity contribution in [2.45, 2.75) is 57.0 Å². The van der Waals surface area contributed by atoms with Crippen molar-refractivity contribution in [1.29, 1.82) is 0 Å². The zero-order valence-electron chi connectivity index (χ0n) is 33.3. The van der Waals surface area contributed by atoms with Gasteiger partial charge in [-0.25, -0.2) is 0 Å². The van der Waals surface area contributed by atoms with E-state index in [2.05, 4.69) is 15.2 Å². The van der Waals surface area contributed by atoms with E-state index in [0.29, 0.717) is 48.2 Å². The molecule has 59 heavy (non-hydrogen) atoms. The molecule has 0 saturated carbocycles. The number of nitrogens with zero attached hydrogens (tertiary/aromatic N) is 5. The van der Waals surface area contributed by atoms with Crippen LogP contribution < -0.4 is 25.1 Å². The minimum atomic E-state index is -0.995. The van der Waals surface area contributed by atoms with E-state index in [1.807, 2.05) is 29.3 Å². The molecule has 4 unspecified atom stereocenters. The second kappa shape index (κ2) is 16.8. The summed E-state index contributed by atoms with van der Waals surface area (Å²) in [4.78, 5) is 74.2. The van der Waals surface area contributed by atoms with E-state index in [4.69, 9.17) is 18.9 Å². The number of fused-ring (bicyclic) bond motifs is 3. The fourth-order valence-electron chi connectivity index (χ4n) is 8.97. The predicted octanol–water partition coefficient (Wildman–Crippen LogP) is 2.72. The van der Waals surface area contributed by atoms with Crippen molar-refractivity contribution in [3.63, 3.8) is 0 Å². The molecule has 4 aromatic rings. The minimum Gasteiger partial charge on any atom is -0.496 e. The molecule has 16 heteroatoms. The van der Waals surface area contributed by atoms with Crippen LogP contribution in [0.3, 0.4) is 0 Å². The molecule has 6 heterocycles. The summed E-state index contributed by atoms with van der Waals surface area (Å²) in [6.07, 6.45) is 6.72. The Morgan fingerprint density at radius 1 is 0.881 bits per heavy atom. The van der Waals surface area contributed by atoms with Gasteiger partial charge in [-0.1, -0.05) is 0 Å². The molecule has 4 aliphatic heterocycles. The van der Waals surface area contributed by atoms with Gasteiger partial charge in [-0.2, -0.15) is 0 Å². The molecule has 2 aromatic carbocycles. The van der Waals surface area contributed by atoms with Gasteiger partial charge in [0.25, 0.3) is 17.4 Å². The number of nitrogens with one attached hydrogen (secondary N) is 1. The molecule has 310 valence electrons. The van der Waals surface area contributed by atoms with Crippen molar-refractivity contribution in [2.24, 2.45) is 13.0 Å². The number of aliphatic hydroxyl groups is 1. The Labute approximate surface area is 340 Å². The molecule has 0 aliphatic carbocycles. The first-order chi connectivity index (χ1) is 28.6. The second-order valence-corrected chi connectivity index (χ2v) is 15.5. The number of amides is 4. The summed E-state index contributed by atoms with van der Waals surface area (Å²) in [5.41, 5.74) is 2.88. The van der Waals surface area contributed by atoms with Crippen LogP contribution in [0.4, 0.5) is 0 Å². The van der Waals surface area contributed by atoms with E-state index >= 15 is 0 Å². The lowest BCUT2D eigenvalue weighted by Gasteiger charge is -2.39. The van der Waals surface area contributed by atoms with Gasteiger partial charge in [0.2, 0.25) is 11.8 Å². The number of hydrogen-bond donors (Lipinski definition) is 2. The number of carbonyl (C=O) groups is 4. The summed E-state index contributed by atoms with van der Waals surface area (Å²) < 4.78 is 25.0. The Morgan fingerprint density at radius 2 is 1.64 bits per heavy atom. The molecular weight excluding hydrogens is 761 g/mol. The summed E-state index contributed by atoms with van der Waals surface area (Å²) in [5, 5.41) is 13.4. The van der Waals surface area contributed by atoms with Crippen molar-refractivity contribution in [2.75, 3.05) is 53.7 Å². The number of pyridine rings is 2. The van der Waals surface area contributed by atoms with Crippen LogP contribution in [0.2, 0.25) is 0 Å². The molecular formula is C43H48N6O10. The van der Waals surface area contributed by atoms with E-state index in [1.165, 1.54) is 12.1 Å². The Balaban J connectivity index is 0.837. The quantitative estimate of drug-likeness (QED) is 0.149. The average Bonchev–Trinajstić information content (AvgIpc) is 3.76. The summed E-state index contributed by atoms with van der Waals surface area (Å²) in [7, 11) is 5.02. The fraction of sp³-hybridized carbons (Fsp3) is 0.442. The highest BCUT2D eigenvalue weighted by atomic mass is 16.5. The van der Waals surface area contributed by atoms with Crippen molar-refractivity contribution in [1.82, 2.24) is 29.6 Å². The van der Waals surface area contributed by atoms with Gasteiger partial charge in [0.15, 0.2) is 0 Å². The molecule has 2 N–H and O–H groups in total. The third-order valence-corrected chi connectivity index (χ3v) is 12.1. The van der Waals surface area contributed by atoms with Crippen LogP contribution in [-0.2, 0) is 27.9 Å². The number of likely N-dealkylation sites (tertiary alicyclic amines) is 2. The fourth-order valence-corrected chi connectivity index (χ4v) is 8.97. The van der Waals surface area contributed by atoms with E-state index in [1.54, 1.807) is 44.3 Å². The van der Waals surface area contributed by atoms with E-state index in [-0.39, 0.29) is 67.7 Å². The van der Waals surface area contributed by atoms with E-state index in [9.17, 15) is 29.1 Å². The Bertz CT molecular complexity index is 2340. The zero-order valence-corrected chi connectivity index (χ0v) is 33.3. The highest BCUT2D eigenvalue weighted by Crippen LogP contribution is 2.40. The molecule has 16 nitrogen and oxygen atoms in total. The van der Waals surface area contributed by atoms with Crippen LogP contribution in [0.5, 0.6) is 17.2 Å². The first-order valence-electron chi connectivity index (χ1n) is 20.0. The third kappa shape index (κ3) is 7.75. The van der Waals surface area contributed by atoms with Crippen LogP contribution in [0.15, 0.2) is 59.8 Å². The molecule has 4 atom stereocenters. The molecule has 0 bridgehead atoms. The average molecular weight is 809 g/mol. The third-order valence-electron chi connectivity index (χ3n) is 12.1. The van der Waals surface area contributed by atoms with Gasteiger partial charge in [0.05, 0.1) is 55.9 Å². The number of carbonyl (C=O) groups excluding carboxylic acids is 4. The topological polar surface area (TPSA) is 182 Å². The first-order valence-corrected chi connectivity index (χ1v) is 20.0. The van der Waals surface area contributed by atoms with Gasteiger partial charge in [-0.15, -0.1) is 0 Å². The maximum absolute atomic E-state index is 13.4. The van der Waals surface area contributed by atoms with Crippen molar-refractivity contribution in [3.8, 4) is 28.4 Å². The smallest absolute Gasteiger partial charge is 0.262 e. The normalized spacial score (nSPS) is 21.7. The monoisotopic (exact) mass is 808 g/mol. The van der Waals surface area contributed by atoms with Crippen molar-refractivity contribution < 1.29 is 43.2 Å². The summed E-state index contributed by atoms with van der Waals surface area (Å²) in [6, 6.07) is 9.62. The van der Waals surface area contributed by atoms with Gasteiger partial charge < -0.3 is 38.8 Å². The number of imide groups is 1. The van der Waals surface area contributed by atoms with E-state index < -0.39 is 30.0 Å². The number of benzene rings is 2. The van der Waals surface area contributed by atoms with Gasteiger partial charge in [0, 0.05) is 56.9 Å². The molecule has 4 amide bonds. The maximum atomic E-state index is 13.4. The lowest BCUT2D eigenvalue weighted by atomic mass is 9.91. The van der Waals surface area contributed by atoms with Crippen LogP contribution >= 0.6 is 0 Å². The SMILES string of the molecule is COc1cc(-c2cn(C)c(=O)c3cnccc23)cc(OC)c1CN1CCC2CCN(C(=O)CCOCCOc3ccc4c(c3)C(=O)N(C3CCC(O)NC3=O)C4=O)CC21. The number of hydrogen-bond acceptors (Lipinski definition) is 12. The lowest BCUT2D eigenvalue weighted by molar-refractivity contribution is -0.135. The van der Waals surface area contributed by atoms with Crippen LogP contribution in [0, 0.1) is 5.92 Å². The highest BCUT2D eigenvalue weighted by Gasteiger charge is 2.45. The summed E-state index contributed by atoms with van der Waals surface area (Å²) in [5.74, 6) is 0.555. The van der Waals surface area contributed by atoms with Crippen molar-refractivity contribution >= 4 is 34.4 Å². The molecule has 8 rings (SSSR count). The number of rotatable bonds is 13. The number of piperidine rings is 2. The summed E-state index contributed by atoms with van der Waals surface area (Å²) in [6.45, 7) is 3.41. The molecule has 3 saturated heterocycles.